The number of aryl methyl sites for hydroxylation is 1. The number of aromatic amines is 1. The standard InChI is InChI=1S/C17H23N5O/c1-13(18-21-11-9-20(3)10-12-21)16-14(2)19-22(17(16)23)15-7-5-4-6-8-15/h4-8,19H,9-12H2,1-3H3. The Balaban J connectivity index is 1.91. The first-order valence-electron chi connectivity index (χ1n) is 7.92. The van der Waals surface area contributed by atoms with E-state index in [2.05, 4.69) is 22.1 Å². The number of likely N-dealkylation sites (N-methyl/N-ethyl adjacent to an activating group) is 1. The van der Waals surface area contributed by atoms with Gasteiger partial charge < -0.3 is 4.90 Å². The van der Waals surface area contributed by atoms with E-state index >= 15 is 0 Å². The SMILES string of the molecule is CC(=NN1CCN(C)CC1)c1c(C)[nH]n(-c2ccccc2)c1=O. The fourth-order valence-corrected chi connectivity index (χ4v) is 2.89. The van der Waals surface area contributed by atoms with E-state index in [0.717, 1.165) is 43.3 Å². The Morgan fingerprint density at radius 1 is 1.13 bits per heavy atom. The molecule has 0 spiro atoms. The molecule has 1 aromatic heterocycles. The van der Waals surface area contributed by atoms with Crippen molar-refractivity contribution in [2.45, 2.75) is 13.8 Å². The van der Waals surface area contributed by atoms with E-state index in [-0.39, 0.29) is 5.56 Å². The zero-order chi connectivity index (χ0) is 16.4. The third kappa shape index (κ3) is 3.22. The molecule has 23 heavy (non-hydrogen) atoms. The summed E-state index contributed by atoms with van der Waals surface area (Å²) in [5.41, 5.74) is 3.05. The number of H-pyrrole nitrogens is 1. The van der Waals surface area contributed by atoms with Crippen LogP contribution in [-0.2, 0) is 0 Å². The molecular formula is C17H23N5O. The second-order valence-corrected chi connectivity index (χ2v) is 6.03. The average molecular weight is 313 g/mol. The molecule has 0 unspecified atom stereocenters. The predicted molar refractivity (Wildman–Crippen MR) is 92.4 cm³/mol. The minimum Gasteiger partial charge on any atom is -0.303 e. The molecular weight excluding hydrogens is 290 g/mol. The summed E-state index contributed by atoms with van der Waals surface area (Å²) in [6.07, 6.45) is 0. The normalized spacial score (nSPS) is 16.8. The molecule has 3 rings (SSSR count). The molecule has 2 aromatic rings. The molecule has 0 saturated carbocycles. The van der Waals surface area contributed by atoms with E-state index in [0.29, 0.717) is 5.56 Å². The highest BCUT2D eigenvalue weighted by molar-refractivity contribution is 5.99. The summed E-state index contributed by atoms with van der Waals surface area (Å²) in [7, 11) is 2.11. The lowest BCUT2D eigenvalue weighted by Gasteiger charge is -2.30. The topological polar surface area (TPSA) is 56.6 Å². The number of para-hydroxylation sites is 1. The van der Waals surface area contributed by atoms with Crippen LogP contribution in [0.4, 0.5) is 0 Å². The molecule has 1 aromatic carbocycles. The Morgan fingerprint density at radius 3 is 2.43 bits per heavy atom. The smallest absolute Gasteiger partial charge is 0.280 e. The van der Waals surface area contributed by atoms with Crippen LogP contribution in [0, 0.1) is 6.92 Å². The first-order valence-corrected chi connectivity index (χ1v) is 7.92. The number of hydrazone groups is 1. The molecule has 2 heterocycles. The lowest BCUT2D eigenvalue weighted by molar-refractivity contribution is 0.159. The first kappa shape index (κ1) is 15.6. The van der Waals surface area contributed by atoms with Crippen LogP contribution in [0.5, 0.6) is 0 Å². The van der Waals surface area contributed by atoms with E-state index in [1.165, 1.54) is 0 Å². The van der Waals surface area contributed by atoms with Gasteiger partial charge in [0.15, 0.2) is 0 Å². The summed E-state index contributed by atoms with van der Waals surface area (Å²) >= 11 is 0. The van der Waals surface area contributed by atoms with Gasteiger partial charge in [-0.05, 0) is 33.0 Å². The van der Waals surface area contributed by atoms with Crippen molar-refractivity contribution in [3.05, 3.63) is 51.9 Å². The van der Waals surface area contributed by atoms with E-state index in [4.69, 9.17) is 0 Å². The van der Waals surface area contributed by atoms with Crippen molar-refractivity contribution in [3.8, 4) is 5.69 Å². The number of hydrogen-bond acceptors (Lipinski definition) is 4. The Bertz CT molecular complexity index is 751. The molecule has 1 N–H and O–H groups in total. The van der Waals surface area contributed by atoms with Gasteiger partial charge in [0, 0.05) is 31.9 Å². The number of piperazine rings is 1. The van der Waals surface area contributed by atoms with Crippen molar-refractivity contribution >= 4 is 5.71 Å². The Morgan fingerprint density at radius 2 is 1.78 bits per heavy atom. The summed E-state index contributed by atoms with van der Waals surface area (Å²) in [5.74, 6) is 0. The van der Waals surface area contributed by atoms with Crippen molar-refractivity contribution in [3.63, 3.8) is 0 Å². The number of rotatable bonds is 3. The fraction of sp³-hybridized carbons (Fsp3) is 0.412. The second kappa shape index (κ2) is 6.42. The van der Waals surface area contributed by atoms with Gasteiger partial charge in [0.1, 0.15) is 0 Å². The van der Waals surface area contributed by atoms with Crippen LogP contribution in [0.15, 0.2) is 40.2 Å². The number of benzene rings is 1. The third-order valence-electron chi connectivity index (χ3n) is 4.22. The number of aromatic nitrogens is 2. The maximum Gasteiger partial charge on any atom is 0.280 e. The molecule has 0 atom stereocenters. The monoisotopic (exact) mass is 313 g/mol. The minimum atomic E-state index is -0.0518. The summed E-state index contributed by atoms with van der Waals surface area (Å²) in [5, 5.41) is 9.86. The van der Waals surface area contributed by atoms with Crippen molar-refractivity contribution in [2.75, 3.05) is 33.2 Å². The summed E-state index contributed by atoms with van der Waals surface area (Å²) in [6.45, 7) is 7.60. The second-order valence-electron chi connectivity index (χ2n) is 6.03. The maximum absolute atomic E-state index is 12.7. The van der Waals surface area contributed by atoms with Gasteiger partial charge in [0.2, 0.25) is 0 Å². The fourth-order valence-electron chi connectivity index (χ4n) is 2.89. The molecule has 1 aliphatic heterocycles. The van der Waals surface area contributed by atoms with E-state index in [9.17, 15) is 4.79 Å². The highest BCUT2D eigenvalue weighted by Crippen LogP contribution is 2.09. The van der Waals surface area contributed by atoms with Crippen molar-refractivity contribution in [1.82, 2.24) is 19.7 Å². The van der Waals surface area contributed by atoms with Gasteiger partial charge in [-0.2, -0.15) is 5.10 Å². The van der Waals surface area contributed by atoms with Crippen LogP contribution in [0.1, 0.15) is 18.2 Å². The molecule has 1 saturated heterocycles. The number of hydrogen-bond donors (Lipinski definition) is 1. The Labute approximate surface area is 136 Å². The van der Waals surface area contributed by atoms with E-state index in [1.807, 2.05) is 49.2 Å². The average Bonchev–Trinajstić information content (AvgIpc) is 2.85. The Hall–Kier alpha value is -2.34. The van der Waals surface area contributed by atoms with Gasteiger partial charge in [-0.25, -0.2) is 4.68 Å². The zero-order valence-electron chi connectivity index (χ0n) is 13.9. The molecule has 0 amide bonds. The predicted octanol–water partition coefficient (Wildman–Crippen LogP) is 1.45. The van der Waals surface area contributed by atoms with Crippen molar-refractivity contribution in [2.24, 2.45) is 5.10 Å². The molecule has 6 heteroatoms. The number of nitrogens with zero attached hydrogens (tertiary/aromatic N) is 4. The third-order valence-corrected chi connectivity index (χ3v) is 4.22. The van der Waals surface area contributed by atoms with Crippen LogP contribution in [0.2, 0.25) is 0 Å². The highest BCUT2D eigenvalue weighted by atomic mass is 16.1. The minimum absolute atomic E-state index is 0.0518. The highest BCUT2D eigenvalue weighted by Gasteiger charge is 2.17. The first-order chi connectivity index (χ1) is 11.1. The maximum atomic E-state index is 12.7. The van der Waals surface area contributed by atoms with E-state index < -0.39 is 0 Å². The molecule has 6 nitrogen and oxygen atoms in total. The van der Waals surface area contributed by atoms with E-state index in [1.54, 1.807) is 4.68 Å². The van der Waals surface area contributed by atoms with Gasteiger partial charge in [0.05, 0.1) is 17.0 Å². The van der Waals surface area contributed by atoms with Crippen LogP contribution in [0.25, 0.3) is 5.69 Å². The largest absolute Gasteiger partial charge is 0.303 e. The van der Waals surface area contributed by atoms with Gasteiger partial charge in [0.25, 0.3) is 5.56 Å². The summed E-state index contributed by atoms with van der Waals surface area (Å²) < 4.78 is 1.58. The van der Waals surface area contributed by atoms with Crippen molar-refractivity contribution in [1.29, 1.82) is 0 Å². The molecule has 0 aliphatic carbocycles. The summed E-state index contributed by atoms with van der Waals surface area (Å²) in [4.78, 5) is 15.0. The number of nitrogens with one attached hydrogen (secondary N) is 1. The molecule has 0 bridgehead atoms. The molecule has 0 radical (unpaired) electrons. The van der Waals surface area contributed by atoms with Crippen LogP contribution < -0.4 is 5.56 Å². The van der Waals surface area contributed by atoms with Crippen LogP contribution in [0.3, 0.4) is 0 Å². The van der Waals surface area contributed by atoms with Gasteiger partial charge in [-0.15, -0.1) is 0 Å². The molecule has 1 aliphatic rings. The lowest BCUT2D eigenvalue weighted by atomic mass is 10.2. The van der Waals surface area contributed by atoms with Gasteiger partial charge >= 0.3 is 0 Å². The van der Waals surface area contributed by atoms with Crippen molar-refractivity contribution < 1.29 is 0 Å². The van der Waals surface area contributed by atoms with Gasteiger partial charge in [-0.1, -0.05) is 18.2 Å². The Kier molecular flexibility index (Phi) is 4.34. The van der Waals surface area contributed by atoms with Crippen LogP contribution in [-0.4, -0.2) is 58.6 Å². The van der Waals surface area contributed by atoms with Crippen LogP contribution >= 0.6 is 0 Å². The lowest BCUT2D eigenvalue weighted by Crippen LogP contribution is -2.42. The quantitative estimate of drug-likeness (QED) is 0.873. The summed E-state index contributed by atoms with van der Waals surface area (Å²) in [6, 6.07) is 9.60. The molecule has 1 fully saturated rings. The van der Waals surface area contributed by atoms with Gasteiger partial charge in [-0.3, -0.25) is 14.9 Å². The zero-order valence-corrected chi connectivity index (χ0v) is 13.9. The molecule has 122 valence electrons.